The minimum Gasteiger partial charge on any atom is -0.231 e. The van der Waals surface area contributed by atoms with Crippen LogP contribution in [0.5, 0.6) is 0 Å². The lowest BCUT2D eigenvalue weighted by Gasteiger charge is -2.17. The summed E-state index contributed by atoms with van der Waals surface area (Å²) in [5.74, 6) is 0.791. The van der Waals surface area contributed by atoms with Gasteiger partial charge in [0.25, 0.3) is 0 Å². The second-order valence-electron chi connectivity index (χ2n) is 4.93. The van der Waals surface area contributed by atoms with Crippen LogP contribution >= 0.6 is 27.3 Å². The number of aromatic nitrogens is 2. The van der Waals surface area contributed by atoms with E-state index in [1.807, 2.05) is 18.2 Å². The van der Waals surface area contributed by atoms with E-state index in [4.69, 9.17) is 5.26 Å². The fraction of sp³-hybridized carbons (Fsp3) is 0.308. The molecule has 0 unspecified atom stereocenters. The maximum absolute atomic E-state index is 8.85. The summed E-state index contributed by atoms with van der Waals surface area (Å²) in [5.41, 5.74) is 0.752. The molecule has 0 saturated heterocycles. The van der Waals surface area contributed by atoms with E-state index in [-0.39, 0.29) is 5.41 Å². The van der Waals surface area contributed by atoms with Crippen LogP contribution in [0.4, 0.5) is 0 Å². The van der Waals surface area contributed by atoms with Gasteiger partial charge < -0.3 is 0 Å². The van der Waals surface area contributed by atoms with Crippen molar-refractivity contribution >= 4 is 27.3 Å². The first-order valence-corrected chi connectivity index (χ1v) is 7.06. The van der Waals surface area contributed by atoms with Gasteiger partial charge >= 0.3 is 0 Å². The standard InChI is InChI=1S/C13H12BrN3S/c1-13(2,3)12-16-9(6-11(14)17-12)10-5-4-8(7-15)18-10/h4-6H,1-3H3. The first kappa shape index (κ1) is 13.2. The molecule has 2 heterocycles. The maximum atomic E-state index is 8.85. The Kier molecular flexibility index (Phi) is 3.51. The Morgan fingerprint density at radius 3 is 2.56 bits per heavy atom. The van der Waals surface area contributed by atoms with Crippen molar-refractivity contribution in [2.24, 2.45) is 0 Å². The molecule has 3 nitrogen and oxygen atoms in total. The molecule has 92 valence electrons. The molecule has 0 fully saturated rings. The molecule has 0 N–H and O–H groups in total. The zero-order valence-corrected chi connectivity index (χ0v) is 12.8. The Morgan fingerprint density at radius 1 is 1.28 bits per heavy atom. The zero-order valence-electron chi connectivity index (χ0n) is 10.4. The van der Waals surface area contributed by atoms with Gasteiger partial charge in [0.2, 0.25) is 0 Å². The van der Waals surface area contributed by atoms with E-state index < -0.39 is 0 Å². The summed E-state index contributed by atoms with van der Waals surface area (Å²) < 4.78 is 0.768. The van der Waals surface area contributed by atoms with Crippen LogP contribution in [-0.2, 0) is 5.41 Å². The van der Waals surface area contributed by atoms with Crippen molar-refractivity contribution in [3.05, 3.63) is 33.5 Å². The highest BCUT2D eigenvalue weighted by molar-refractivity contribution is 9.10. The first-order valence-electron chi connectivity index (χ1n) is 5.45. The highest BCUT2D eigenvalue weighted by atomic mass is 79.9. The summed E-state index contributed by atoms with van der Waals surface area (Å²) >= 11 is 4.86. The van der Waals surface area contributed by atoms with Gasteiger partial charge in [-0.25, -0.2) is 9.97 Å². The molecule has 0 bridgehead atoms. The Morgan fingerprint density at radius 2 is 2.00 bits per heavy atom. The highest BCUT2D eigenvalue weighted by Crippen LogP contribution is 2.30. The van der Waals surface area contributed by atoms with E-state index in [0.717, 1.165) is 21.0 Å². The third kappa shape index (κ3) is 2.77. The number of hydrogen-bond donors (Lipinski definition) is 0. The third-order valence-electron chi connectivity index (χ3n) is 2.33. The van der Waals surface area contributed by atoms with Crippen molar-refractivity contribution in [3.8, 4) is 16.6 Å². The van der Waals surface area contributed by atoms with E-state index in [2.05, 4.69) is 52.7 Å². The van der Waals surface area contributed by atoms with Crippen LogP contribution in [0.25, 0.3) is 10.6 Å². The lowest BCUT2D eigenvalue weighted by molar-refractivity contribution is 0.544. The predicted octanol–water partition coefficient (Wildman–Crippen LogP) is 4.14. The second kappa shape index (κ2) is 4.79. The number of thiophene rings is 1. The molecule has 0 aliphatic heterocycles. The minimum absolute atomic E-state index is 0.103. The molecule has 2 aromatic heterocycles. The number of nitriles is 1. The van der Waals surface area contributed by atoms with E-state index in [0.29, 0.717) is 4.88 Å². The van der Waals surface area contributed by atoms with Gasteiger partial charge in [0.15, 0.2) is 0 Å². The van der Waals surface area contributed by atoms with Gasteiger partial charge in [-0.3, -0.25) is 0 Å². The first-order chi connectivity index (χ1) is 8.40. The predicted molar refractivity (Wildman–Crippen MR) is 76.5 cm³/mol. The molecule has 0 saturated carbocycles. The van der Waals surface area contributed by atoms with Crippen molar-refractivity contribution in [1.29, 1.82) is 5.26 Å². The van der Waals surface area contributed by atoms with Crippen LogP contribution in [0.15, 0.2) is 22.8 Å². The molecule has 18 heavy (non-hydrogen) atoms. The highest BCUT2D eigenvalue weighted by Gasteiger charge is 2.19. The minimum atomic E-state index is -0.103. The largest absolute Gasteiger partial charge is 0.231 e. The second-order valence-corrected chi connectivity index (χ2v) is 6.82. The van der Waals surface area contributed by atoms with E-state index in [1.165, 1.54) is 11.3 Å². The van der Waals surface area contributed by atoms with Gasteiger partial charge in [-0.2, -0.15) is 5.26 Å². The fourth-order valence-corrected chi connectivity index (χ4v) is 2.56. The summed E-state index contributed by atoms with van der Waals surface area (Å²) in [6, 6.07) is 7.75. The Bertz CT molecular complexity index is 620. The Labute approximate surface area is 119 Å². The van der Waals surface area contributed by atoms with Crippen LogP contribution in [0.1, 0.15) is 31.5 Å². The van der Waals surface area contributed by atoms with Gasteiger partial charge in [0.05, 0.1) is 10.6 Å². The number of halogens is 1. The van der Waals surface area contributed by atoms with Gasteiger partial charge in [-0.15, -0.1) is 11.3 Å². The molecule has 0 atom stereocenters. The van der Waals surface area contributed by atoms with Crippen LogP contribution in [-0.4, -0.2) is 9.97 Å². The number of nitrogens with zero attached hydrogens (tertiary/aromatic N) is 3. The van der Waals surface area contributed by atoms with E-state index >= 15 is 0 Å². The average Bonchev–Trinajstić information content (AvgIpc) is 2.75. The SMILES string of the molecule is CC(C)(C)c1nc(Br)cc(-c2ccc(C#N)s2)n1. The monoisotopic (exact) mass is 321 g/mol. The zero-order chi connectivity index (χ0) is 13.3. The molecular weight excluding hydrogens is 310 g/mol. The molecule has 0 aliphatic carbocycles. The Balaban J connectivity index is 2.52. The number of hydrogen-bond acceptors (Lipinski definition) is 4. The van der Waals surface area contributed by atoms with Crippen molar-refractivity contribution < 1.29 is 0 Å². The van der Waals surface area contributed by atoms with Crippen molar-refractivity contribution in [2.75, 3.05) is 0 Å². The summed E-state index contributed by atoms with van der Waals surface area (Å²) in [7, 11) is 0. The molecule has 0 aliphatic rings. The lowest BCUT2D eigenvalue weighted by Crippen LogP contribution is -2.16. The molecule has 2 rings (SSSR count). The molecule has 2 aromatic rings. The van der Waals surface area contributed by atoms with Gasteiger partial charge in [0, 0.05) is 5.41 Å². The van der Waals surface area contributed by atoms with Crippen LogP contribution in [0.2, 0.25) is 0 Å². The van der Waals surface area contributed by atoms with Crippen LogP contribution in [0, 0.1) is 11.3 Å². The topological polar surface area (TPSA) is 49.6 Å². The normalized spacial score (nSPS) is 11.3. The Hall–Kier alpha value is -1.25. The summed E-state index contributed by atoms with van der Waals surface area (Å²) in [6.45, 7) is 6.23. The number of rotatable bonds is 1. The summed E-state index contributed by atoms with van der Waals surface area (Å²) in [5, 5.41) is 8.85. The molecule has 0 aromatic carbocycles. The van der Waals surface area contributed by atoms with E-state index in [1.54, 1.807) is 0 Å². The quantitative estimate of drug-likeness (QED) is 0.742. The van der Waals surface area contributed by atoms with Crippen molar-refractivity contribution in [1.82, 2.24) is 9.97 Å². The van der Waals surface area contributed by atoms with Crippen molar-refractivity contribution in [2.45, 2.75) is 26.2 Å². The lowest BCUT2D eigenvalue weighted by atomic mass is 9.95. The smallest absolute Gasteiger partial charge is 0.135 e. The fourth-order valence-electron chi connectivity index (χ4n) is 1.41. The van der Waals surface area contributed by atoms with Crippen LogP contribution in [0.3, 0.4) is 0 Å². The van der Waals surface area contributed by atoms with Crippen molar-refractivity contribution in [3.63, 3.8) is 0 Å². The molecule has 0 spiro atoms. The molecule has 5 heteroatoms. The molecular formula is C13H12BrN3S. The van der Waals surface area contributed by atoms with Gasteiger partial charge in [0.1, 0.15) is 21.4 Å². The van der Waals surface area contributed by atoms with Crippen LogP contribution < -0.4 is 0 Å². The average molecular weight is 322 g/mol. The molecule has 0 radical (unpaired) electrons. The van der Waals surface area contributed by atoms with Gasteiger partial charge in [-0.1, -0.05) is 20.8 Å². The van der Waals surface area contributed by atoms with E-state index in [9.17, 15) is 0 Å². The summed E-state index contributed by atoms with van der Waals surface area (Å²) in [6.07, 6.45) is 0. The maximum Gasteiger partial charge on any atom is 0.135 e. The van der Waals surface area contributed by atoms with Gasteiger partial charge in [-0.05, 0) is 34.1 Å². The molecule has 0 amide bonds. The summed E-state index contributed by atoms with van der Waals surface area (Å²) in [4.78, 5) is 10.7. The third-order valence-corrected chi connectivity index (χ3v) is 3.75.